The molecule has 0 amide bonds. The number of hydrogen-bond donors (Lipinski definition) is 3. The fourth-order valence-corrected chi connectivity index (χ4v) is 3.96. The smallest absolute Gasteiger partial charge is 0.191 e. The highest BCUT2D eigenvalue weighted by atomic mass is 127. The van der Waals surface area contributed by atoms with E-state index in [-0.39, 0.29) is 24.0 Å². The van der Waals surface area contributed by atoms with Crippen molar-refractivity contribution in [3.63, 3.8) is 0 Å². The number of rotatable bonds is 7. The van der Waals surface area contributed by atoms with Crippen molar-refractivity contribution in [1.82, 2.24) is 15.8 Å². The van der Waals surface area contributed by atoms with E-state index in [4.69, 9.17) is 4.52 Å². The van der Waals surface area contributed by atoms with Crippen LogP contribution < -0.4 is 10.6 Å². The van der Waals surface area contributed by atoms with Crippen LogP contribution in [-0.2, 0) is 25.9 Å². The standard InChI is InChI=1S/C22H32N4O2.HI/c1-4-15(5-2)20-12-17(28-26-20)13-24-22(23-3)25-14-19-18-9-7-6-8-16(18)10-11-21(19)27;/h10-12,15,27H,4-9,13-14H2,1-3H3,(H2,23,24,25);1H. The number of fused-ring (bicyclic) bond motifs is 1. The highest BCUT2D eigenvalue weighted by molar-refractivity contribution is 14.0. The summed E-state index contributed by atoms with van der Waals surface area (Å²) in [6.45, 7) is 5.41. The second-order valence-electron chi connectivity index (χ2n) is 7.42. The average molecular weight is 512 g/mol. The second kappa shape index (κ2) is 11.4. The molecule has 0 bridgehead atoms. The van der Waals surface area contributed by atoms with Crippen molar-refractivity contribution in [3.05, 3.63) is 46.3 Å². The van der Waals surface area contributed by atoms with Crippen LogP contribution in [0.15, 0.2) is 27.7 Å². The molecular formula is C22H33IN4O2. The molecule has 7 heteroatoms. The summed E-state index contributed by atoms with van der Waals surface area (Å²) in [7, 11) is 1.74. The topological polar surface area (TPSA) is 82.7 Å². The summed E-state index contributed by atoms with van der Waals surface area (Å²) in [5.74, 6) is 2.27. The van der Waals surface area contributed by atoms with Crippen LogP contribution in [0.25, 0.3) is 0 Å². The quantitative estimate of drug-likeness (QED) is 0.286. The number of phenolic OH excluding ortho intramolecular Hbond substituents is 1. The van der Waals surface area contributed by atoms with Gasteiger partial charge in [-0.15, -0.1) is 24.0 Å². The molecule has 0 aliphatic heterocycles. The van der Waals surface area contributed by atoms with E-state index in [1.165, 1.54) is 24.0 Å². The predicted octanol–water partition coefficient (Wildman–Crippen LogP) is 4.65. The van der Waals surface area contributed by atoms with Crippen molar-refractivity contribution in [2.75, 3.05) is 7.05 Å². The first-order valence-electron chi connectivity index (χ1n) is 10.4. The Morgan fingerprint density at radius 2 is 1.90 bits per heavy atom. The Labute approximate surface area is 190 Å². The van der Waals surface area contributed by atoms with E-state index in [1.807, 2.05) is 12.1 Å². The Morgan fingerprint density at radius 3 is 2.62 bits per heavy atom. The number of nitrogens with zero attached hydrogens (tertiary/aromatic N) is 2. The van der Waals surface area contributed by atoms with Crippen molar-refractivity contribution < 1.29 is 9.63 Å². The van der Waals surface area contributed by atoms with Crippen molar-refractivity contribution in [2.45, 2.75) is 71.4 Å². The highest BCUT2D eigenvalue weighted by Crippen LogP contribution is 2.30. The van der Waals surface area contributed by atoms with Crippen molar-refractivity contribution in [1.29, 1.82) is 0 Å². The van der Waals surface area contributed by atoms with E-state index in [9.17, 15) is 5.11 Å². The fourth-order valence-electron chi connectivity index (χ4n) is 3.96. The van der Waals surface area contributed by atoms with E-state index in [1.54, 1.807) is 7.05 Å². The molecule has 3 N–H and O–H groups in total. The molecule has 6 nitrogen and oxygen atoms in total. The number of guanidine groups is 1. The summed E-state index contributed by atoms with van der Waals surface area (Å²) in [6.07, 6.45) is 6.66. The Kier molecular flexibility index (Phi) is 9.26. The summed E-state index contributed by atoms with van der Waals surface area (Å²) in [5.41, 5.74) is 4.65. The van der Waals surface area contributed by atoms with Gasteiger partial charge in [0, 0.05) is 31.1 Å². The SMILES string of the molecule is CCC(CC)c1cc(CNC(=NC)NCc2c(O)ccc3c2CCCC3)on1.I. The zero-order valence-corrected chi connectivity index (χ0v) is 20.0. The second-order valence-corrected chi connectivity index (χ2v) is 7.42. The Hall–Kier alpha value is -1.77. The highest BCUT2D eigenvalue weighted by Gasteiger charge is 2.17. The Morgan fingerprint density at radius 1 is 1.17 bits per heavy atom. The zero-order valence-electron chi connectivity index (χ0n) is 17.6. The molecule has 29 heavy (non-hydrogen) atoms. The third-order valence-electron chi connectivity index (χ3n) is 5.69. The first-order chi connectivity index (χ1) is 13.7. The number of benzene rings is 1. The van der Waals surface area contributed by atoms with E-state index in [2.05, 4.69) is 40.7 Å². The Balaban J connectivity index is 0.00000300. The molecule has 1 aromatic heterocycles. The Bertz CT molecular complexity index is 815. The molecule has 1 aromatic carbocycles. The molecule has 160 valence electrons. The zero-order chi connectivity index (χ0) is 19.9. The number of aliphatic imine (C=N–C) groups is 1. The lowest BCUT2D eigenvalue weighted by Crippen LogP contribution is -2.36. The first-order valence-corrected chi connectivity index (χ1v) is 10.4. The molecule has 0 fully saturated rings. The summed E-state index contributed by atoms with van der Waals surface area (Å²) < 4.78 is 5.47. The van der Waals surface area contributed by atoms with Gasteiger partial charge < -0.3 is 20.3 Å². The minimum atomic E-state index is 0. The predicted molar refractivity (Wildman–Crippen MR) is 127 cm³/mol. The van der Waals surface area contributed by atoms with Gasteiger partial charge in [-0.25, -0.2) is 0 Å². The van der Waals surface area contributed by atoms with Gasteiger partial charge in [-0.3, -0.25) is 4.99 Å². The van der Waals surface area contributed by atoms with Gasteiger partial charge in [0.15, 0.2) is 11.7 Å². The molecular weight excluding hydrogens is 479 g/mol. The first kappa shape index (κ1) is 23.5. The van der Waals surface area contributed by atoms with Crippen LogP contribution >= 0.6 is 24.0 Å². The van der Waals surface area contributed by atoms with Gasteiger partial charge in [0.2, 0.25) is 0 Å². The lowest BCUT2D eigenvalue weighted by Gasteiger charge is -2.21. The molecule has 0 atom stereocenters. The number of halogens is 1. The van der Waals surface area contributed by atoms with Crippen LogP contribution in [0.4, 0.5) is 0 Å². The maximum Gasteiger partial charge on any atom is 0.191 e. The molecule has 1 aliphatic carbocycles. The molecule has 0 unspecified atom stereocenters. The third kappa shape index (κ3) is 5.87. The van der Waals surface area contributed by atoms with Gasteiger partial charge in [0.1, 0.15) is 5.75 Å². The number of hydrogen-bond acceptors (Lipinski definition) is 4. The average Bonchev–Trinajstić information content (AvgIpc) is 3.19. The van der Waals surface area contributed by atoms with Crippen LogP contribution in [0.3, 0.4) is 0 Å². The largest absolute Gasteiger partial charge is 0.508 e. The van der Waals surface area contributed by atoms with Crippen LogP contribution in [0, 0.1) is 0 Å². The molecule has 0 saturated carbocycles. The monoisotopic (exact) mass is 512 g/mol. The molecule has 2 aromatic rings. The van der Waals surface area contributed by atoms with Gasteiger partial charge in [0.25, 0.3) is 0 Å². The third-order valence-corrected chi connectivity index (χ3v) is 5.69. The summed E-state index contributed by atoms with van der Waals surface area (Å²) in [4.78, 5) is 4.28. The van der Waals surface area contributed by atoms with Gasteiger partial charge in [-0.1, -0.05) is 25.1 Å². The van der Waals surface area contributed by atoms with Crippen molar-refractivity contribution in [3.8, 4) is 5.75 Å². The van der Waals surface area contributed by atoms with Crippen LogP contribution in [0.5, 0.6) is 5.75 Å². The minimum Gasteiger partial charge on any atom is -0.508 e. The fraction of sp³-hybridized carbons (Fsp3) is 0.545. The van der Waals surface area contributed by atoms with Crippen LogP contribution in [0.2, 0.25) is 0 Å². The van der Waals surface area contributed by atoms with Gasteiger partial charge >= 0.3 is 0 Å². The van der Waals surface area contributed by atoms with Gasteiger partial charge in [-0.05, 0) is 55.7 Å². The summed E-state index contributed by atoms with van der Waals surface area (Å²) in [6, 6.07) is 5.89. The maximum atomic E-state index is 10.3. The van der Waals surface area contributed by atoms with Gasteiger partial charge in [0.05, 0.1) is 12.2 Å². The molecule has 0 saturated heterocycles. The number of nitrogens with one attached hydrogen (secondary N) is 2. The molecule has 0 radical (unpaired) electrons. The number of aryl methyl sites for hydroxylation is 1. The lowest BCUT2D eigenvalue weighted by atomic mass is 9.88. The van der Waals surface area contributed by atoms with E-state index < -0.39 is 0 Å². The van der Waals surface area contributed by atoms with E-state index >= 15 is 0 Å². The van der Waals surface area contributed by atoms with Gasteiger partial charge in [-0.2, -0.15) is 0 Å². The summed E-state index contributed by atoms with van der Waals surface area (Å²) >= 11 is 0. The maximum absolute atomic E-state index is 10.3. The number of aromatic nitrogens is 1. The number of phenols is 1. The molecule has 1 aliphatic rings. The lowest BCUT2D eigenvalue weighted by molar-refractivity contribution is 0.368. The summed E-state index contributed by atoms with van der Waals surface area (Å²) in [5, 5.41) is 21.1. The number of aromatic hydroxyl groups is 1. The minimum absolute atomic E-state index is 0. The van der Waals surface area contributed by atoms with E-state index in [0.29, 0.717) is 30.7 Å². The van der Waals surface area contributed by atoms with E-state index in [0.717, 1.165) is 42.7 Å². The van der Waals surface area contributed by atoms with Crippen LogP contribution in [-0.4, -0.2) is 23.3 Å². The van der Waals surface area contributed by atoms with Crippen LogP contribution in [0.1, 0.15) is 73.6 Å². The van der Waals surface area contributed by atoms with Crippen molar-refractivity contribution in [2.24, 2.45) is 4.99 Å². The molecule has 3 rings (SSSR count). The molecule has 1 heterocycles. The normalized spacial score (nSPS) is 13.7. The van der Waals surface area contributed by atoms with Crippen molar-refractivity contribution >= 4 is 29.9 Å². The molecule has 0 spiro atoms.